The number of ether oxygens (including phenoxy) is 3. The van der Waals surface area contributed by atoms with Gasteiger partial charge in [0.15, 0.2) is 5.76 Å². The average molecular weight is 638 g/mol. The van der Waals surface area contributed by atoms with Gasteiger partial charge in [-0.15, -0.1) is 0 Å². The molecule has 0 N–H and O–H groups in total. The highest BCUT2D eigenvalue weighted by Gasteiger charge is 2.35. The Morgan fingerprint density at radius 3 is 2.02 bits per heavy atom. The van der Waals surface area contributed by atoms with Gasteiger partial charge in [-0.3, -0.25) is 9.69 Å². The molecule has 1 saturated heterocycles. The van der Waals surface area contributed by atoms with Crippen LogP contribution in [0.1, 0.15) is 28.4 Å². The largest absolute Gasteiger partial charge is 0.497 e. The third-order valence-electron chi connectivity index (χ3n) is 7.76. The summed E-state index contributed by atoms with van der Waals surface area (Å²) in [4.78, 5) is 34.8. The van der Waals surface area contributed by atoms with Crippen molar-refractivity contribution < 1.29 is 23.8 Å². The fourth-order valence-corrected chi connectivity index (χ4v) is 5.35. The molecular formula is C40H35N3O5. The van der Waals surface area contributed by atoms with Crippen LogP contribution < -0.4 is 9.64 Å². The van der Waals surface area contributed by atoms with Gasteiger partial charge in [0.05, 0.1) is 25.0 Å². The number of nitrogens with zero attached hydrogens (tertiary/aromatic N) is 3. The molecule has 0 radical (unpaired) electrons. The maximum absolute atomic E-state index is 13.8. The molecule has 1 aliphatic rings. The van der Waals surface area contributed by atoms with E-state index in [1.165, 1.54) is 4.90 Å². The van der Waals surface area contributed by atoms with E-state index in [2.05, 4.69) is 34.2 Å². The number of hydrogen-bond acceptors (Lipinski definition) is 7. The van der Waals surface area contributed by atoms with E-state index in [0.29, 0.717) is 18.7 Å². The van der Waals surface area contributed by atoms with Crippen LogP contribution in [0.4, 0.5) is 22.7 Å². The van der Waals surface area contributed by atoms with Crippen molar-refractivity contribution in [2.24, 2.45) is 4.99 Å². The Morgan fingerprint density at radius 1 is 0.792 bits per heavy atom. The van der Waals surface area contributed by atoms with Crippen LogP contribution in [0.25, 0.3) is 6.08 Å². The zero-order valence-electron chi connectivity index (χ0n) is 26.8. The molecule has 0 spiro atoms. The zero-order valence-corrected chi connectivity index (χ0v) is 26.8. The fraction of sp³-hybridized carbons (Fsp3) is 0.125. The molecule has 240 valence electrons. The first kappa shape index (κ1) is 31.8. The summed E-state index contributed by atoms with van der Waals surface area (Å²) in [6, 6.07) is 42.8. The van der Waals surface area contributed by atoms with E-state index >= 15 is 0 Å². The van der Waals surface area contributed by atoms with Gasteiger partial charge in [0.1, 0.15) is 5.75 Å². The summed E-state index contributed by atoms with van der Waals surface area (Å²) in [5.74, 6) is 0.0643. The van der Waals surface area contributed by atoms with Gasteiger partial charge in [0, 0.05) is 23.6 Å². The van der Waals surface area contributed by atoms with E-state index in [1.54, 1.807) is 44.4 Å². The second-order valence-corrected chi connectivity index (χ2v) is 10.9. The molecule has 0 aliphatic carbocycles. The Hall–Kier alpha value is -6.15. The molecule has 0 aromatic heterocycles. The number of carbonyl (C=O) groups excluding carboxylic acids is 2. The number of rotatable bonds is 11. The fourth-order valence-electron chi connectivity index (χ4n) is 5.35. The Bertz CT molecular complexity index is 1880. The molecule has 48 heavy (non-hydrogen) atoms. The lowest BCUT2D eigenvalue weighted by Gasteiger charge is -2.25. The summed E-state index contributed by atoms with van der Waals surface area (Å²) in [6.45, 7) is 2.29. The molecule has 5 aromatic rings. The molecule has 1 aliphatic heterocycles. The van der Waals surface area contributed by atoms with Gasteiger partial charge in [-0.2, -0.15) is 4.99 Å². The van der Waals surface area contributed by atoms with Crippen LogP contribution in [0, 0.1) is 0 Å². The van der Waals surface area contributed by atoms with Crippen molar-refractivity contribution >= 4 is 46.7 Å². The lowest BCUT2D eigenvalue weighted by atomic mass is 10.1. The molecule has 0 unspecified atom stereocenters. The molecule has 5 aromatic carbocycles. The summed E-state index contributed by atoms with van der Waals surface area (Å²) in [5, 5.41) is 0. The maximum atomic E-state index is 13.8. The highest BCUT2D eigenvalue weighted by atomic mass is 16.5. The first-order valence-corrected chi connectivity index (χ1v) is 15.7. The van der Waals surface area contributed by atoms with Crippen molar-refractivity contribution in [2.45, 2.75) is 13.3 Å². The summed E-state index contributed by atoms with van der Waals surface area (Å²) in [5.41, 5.74) is 5.46. The number of amidine groups is 1. The predicted molar refractivity (Wildman–Crippen MR) is 188 cm³/mol. The van der Waals surface area contributed by atoms with Crippen LogP contribution in [0.5, 0.6) is 5.75 Å². The first-order chi connectivity index (χ1) is 23.5. The molecule has 8 heteroatoms. The zero-order chi connectivity index (χ0) is 33.3. The topological polar surface area (TPSA) is 80.7 Å². The Balaban J connectivity index is 1.31. The van der Waals surface area contributed by atoms with Crippen molar-refractivity contribution in [3.8, 4) is 5.75 Å². The predicted octanol–water partition coefficient (Wildman–Crippen LogP) is 8.47. The lowest BCUT2D eigenvalue weighted by Crippen LogP contribution is -2.32. The quantitative estimate of drug-likeness (QED) is 0.107. The summed E-state index contributed by atoms with van der Waals surface area (Å²) in [6.07, 6.45) is 2.26. The smallest absolute Gasteiger partial charge is 0.340 e. The van der Waals surface area contributed by atoms with Crippen LogP contribution in [0.15, 0.2) is 144 Å². The van der Waals surface area contributed by atoms with Crippen molar-refractivity contribution in [1.82, 2.24) is 4.90 Å². The summed E-state index contributed by atoms with van der Waals surface area (Å²) in [7, 11) is 1.62. The van der Waals surface area contributed by atoms with Gasteiger partial charge < -0.3 is 19.1 Å². The van der Waals surface area contributed by atoms with Crippen LogP contribution >= 0.6 is 0 Å². The summed E-state index contributed by atoms with van der Waals surface area (Å²) < 4.78 is 16.6. The minimum atomic E-state index is -0.498. The van der Waals surface area contributed by atoms with Crippen LogP contribution in [0.3, 0.4) is 0 Å². The van der Waals surface area contributed by atoms with E-state index in [1.807, 2.05) is 84.9 Å². The lowest BCUT2D eigenvalue weighted by molar-refractivity contribution is -0.122. The van der Waals surface area contributed by atoms with E-state index in [9.17, 15) is 9.59 Å². The molecule has 8 nitrogen and oxygen atoms in total. The maximum Gasteiger partial charge on any atom is 0.340 e. The first-order valence-electron chi connectivity index (χ1n) is 15.7. The number of carbonyl (C=O) groups is 2. The number of esters is 1. The highest BCUT2D eigenvalue weighted by molar-refractivity contribution is 6.12. The normalized spacial score (nSPS) is 14.2. The number of benzene rings is 5. The van der Waals surface area contributed by atoms with Gasteiger partial charge in [0.25, 0.3) is 5.91 Å². The van der Waals surface area contributed by atoms with Gasteiger partial charge in [-0.05, 0) is 91.2 Å². The van der Waals surface area contributed by atoms with Gasteiger partial charge >= 0.3 is 12.0 Å². The second kappa shape index (κ2) is 15.0. The number of amides is 1. The molecule has 0 bridgehead atoms. The number of methoxy groups -OCH3 is 1. The SMILES string of the molecule is CCOC(=O)c1ccccc1N=C1OC(=Cc2ccc(N(c3ccccc3)c3ccccc3)cc2)C(=O)N1CCc1ccc(OC)cc1. The van der Waals surface area contributed by atoms with Crippen molar-refractivity contribution in [3.05, 3.63) is 156 Å². The number of para-hydroxylation sites is 3. The number of aliphatic imine (C=N–C) groups is 1. The van der Waals surface area contributed by atoms with E-state index in [0.717, 1.165) is 33.9 Å². The minimum Gasteiger partial charge on any atom is -0.497 e. The van der Waals surface area contributed by atoms with Crippen molar-refractivity contribution in [2.75, 3.05) is 25.2 Å². The molecule has 0 saturated carbocycles. The van der Waals surface area contributed by atoms with E-state index in [-0.39, 0.29) is 29.9 Å². The van der Waals surface area contributed by atoms with Gasteiger partial charge in [0.2, 0.25) is 0 Å². The van der Waals surface area contributed by atoms with Crippen LogP contribution in [-0.2, 0) is 20.7 Å². The highest BCUT2D eigenvalue weighted by Crippen LogP contribution is 2.34. The molecular weight excluding hydrogens is 602 g/mol. The van der Waals surface area contributed by atoms with Gasteiger partial charge in [-0.25, -0.2) is 4.79 Å². The molecule has 1 amide bonds. The number of anilines is 3. The van der Waals surface area contributed by atoms with Crippen LogP contribution in [0.2, 0.25) is 0 Å². The monoisotopic (exact) mass is 637 g/mol. The Labute approximate surface area is 280 Å². The van der Waals surface area contributed by atoms with Gasteiger partial charge in [-0.1, -0.05) is 72.8 Å². The Morgan fingerprint density at radius 2 is 1.40 bits per heavy atom. The molecule has 1 fully saturated rings. The van der Waals surface area contributed by atoms with E-state index in [4.69, 9.17) is 14.2 Å². The number of hydrogen-bond donors (Lipinski definition) is 0. The molecule has 1 heterocycles. The summed E-state index contributed by atoms with van der Waals surface area (Å²) >= 11 is 0. The van der Waals surface area contributed by atoms with Crippen LogP contribution in [-0.4, -0.2) is 43.1 Å². The van der Waals surface area contributed by atoms with Crippen molar-refractivity contribution in [1.29, 1.82) is 0 Å². The third kappa shape index (κ3) is 7.29. The molecule has 0 atom stereocenters. The van der Waals surface area contributed by atoms with Crippen molar-refractivity contribution in [3.63, 3.8) is 0 Å². The average Bonchev–Trinajstić information content (AvgIpc) is 3.42. The standard InChI is InChI=1S/C40H35N3O5/c1-3-47-39(45)35-16-10-11-17-36(35)41-40-42(27-26-29-20-24-34(46-2)25-21-29)38(44)37(48-40)28-30-18-22-33(23-19-30)43(31-12-6-4-7-13-31)32-14-8-5-9-15-32/h4-25,28H,3,26-27H2,1-2H3. The third-order valence-corrected chi connectivity index (χ3v) is 7.76. The minimum absolute atomic E-state index is 0.0902. The molecule has 6 rings (SSSR count). The Kier molecular flexibility index (Phi) is 9.92. The van der Waals surface area contributed by atoms with E-state index < -0.39 is 5.97 Å². The second-order valence-electron chi connectivity index (χ2n) is 10.9.